The van der Waals surface area contributed by atoms with Gasteiger partial charge in [-0.3, -0.25) is 4.79 Å². The lowest BCUT2D eigenvalue weighted by Gasteiger charge is -2.23. The van der Waals surface area contributed by atoms with Gasteiger partial charge in [-0.25, -0.2) is 4.79 Å². The van der Waals surface area contributed by atoms with E-state index in [1.807, 2.05) is 60.7 Å². The number of amides is 1. The molecule has 0 aliphatic heterocycles. The first-order valence-corrected chi connectivity index (χ1v) is 9.34. The van der Waals surface area contributed by atoms with Gasteiger partial charge in [0.25, 0.3) is 5.91 Å². The number of furan rings is 1. The van der Waals surface area contributed by atoms with Gasteiger partial charge in [-0.05, 0) is 23.3 Å². The number of hydrogen-bond acceptors (Lipinski definition) is 5. The predicted octanol–water partition coefficient (Wildman–Crippen LogP) is 3.96. The Morgan fingerprint density at radius 1 is 0.933 bits per heavy atom. The number of carbonyl (C=O) groups excluding carboxylic acids is 2. The van der Waals surface area contributed by atoms with Gasteiger partial charge in [0.1, 0.15) is 17.4 Å². The molecule has 1 amide bonds. The number of rotatable bonds is 8. The SMILES string of the molecule is N#C/C(=C\c1ccco1)C(=O)OCC(=O)N(Cc1ccccc1)Cc1ccccc1. The van der Waals surface area contributed by atoms with Gasteiger partial charge in [0.2, 0.25) is 0 Å². The fraction of sp³-hybridized carbons (Fsp3) is 0.125. The van der Waals surface area contributed by atoms with Gasteiger partial charge in [-0.2, -0.15) is 5.26 Å². The quantitative estimate of drug-likeness (QED) is 0.325. The molecule has 0 N–H and O–H groups in total. The average Bonchev–Trinajstić information content (AvgIpc) is 3.30. The molecule has 0 unspecified atom stereocenters. The highest BCUT2D eigenvalue weighted by Crippen LogP contribution is 2.12. The first-order chi connectivity index (χ1) is 14.7. The Bertz CT molecular complexity index is 994. The van der Waals surface area contributed by atoms with Gasteiger partial charge >= 0.3 is 5.97 Å². The van der Waals surface area contributed by atoms with Crippen molar-refractivity contribution in [2.45, 2.75) is 13.1 Å². The maximum atomic E-state index is 12.8. The molecule has 0 saturated carbocycles. The lowest BCUT2D eigenvalue weighted by Crippen LogP contribution is -2.34. The molecule has 0 atom stereocenters. The van der Waals surface area contributed by atoms with Crippen molar-refractivity contribution in [2.24, 2.45) is 0 Å². The summed E-state index contributed by atoms with van der Waals surface area (Å²) in [6.07, 6.45) is 2.71. The van der Waals surface area contributed by atoms with Crippen LogP contribution in [0.25, 0.3) is 6.08 Å². The number of ether oxygens (including phenoxy) is 1. The van der Waals surface area contributed by atoms with Crippen molar-refractivity contribution in [3.63, 3.8) is 0 Å². The Balaban J connectivity index is 1.67. The van der Waals surface area contributed by atoms with E-state index in [2.05, 4.69) is 0 Å². The molecule has 6 nitrogen and oxygen atoms in total. The number of nitriles is 1. The topological polar surface area (TPSA) is 83.5 Å². The van der Waals surface area contributed by atoms with Gasteiger partial charge in [0.05, 0.1) is 6.26 Å². The molecule has 0 saturated heterocycles. The van der Waals surface area contributed by atoms with E-state index in [-0.39, 0.29) is 11.5 Å². The van der Waals surface area contributed by atoms with Crippen LogP contribution in [-0.4, -0.2) is 23.4 Å². The molecule has 3 rings (SSSR count). The van der Waals surface area contributed by atoms with Crippen molar-refractivity contribution in [1.29, 1.82) is 5.26 Å². The van der Waals surface area contributed by atoms with Crippen LogP contribution in [0, 0.1) is 11.3 Å². The van der Waals surface area contributed by atoms with Crippen molar-refractivity contribution in [2.75, 3.05) is 6.61 Å². The molecule has 1 aromatic heterocycles. The van der Waals surface area contributed by atoms with E-state index in [4.69, 9.17) is 9.15 Å². The zero-order valence-electron chi connectivity index (χ0n) is 16.2. The Morgan fingerprint density at radius 3 is 2.03 bits per heavy atom. The molecular weight excluding hydrogens is 380 g/mol. The second-order valence-corrected chi connectivity index (χ2v) is 6.48. The maximum absolute atomic E-state index is 12.8. The van der Waals surface area contributed by atoms with Crippen LogP contribution in [0.2, 0.25) is 0 Å². The van der Waals surface area contributed by atoms with Crippen LogP contribution in [0.5, 0.6) is 0 Å². The van der Waals surface area contributed by atoms with Gasteiger partial charge in [0, 0.05) is 19.2 Å². The normalized spacial score (nSPS) is 10.8. The van der Waals surface area contributed by atoms with Gasteiger partial charge in [0.15, 0.2) is 6.61 Å². The minimum Gasteiger partial charge on any atom is -0.465 e. The van der Waals surface area contributed by atoms with Crippen LogP contribution in [0.3, 0.4) is 0 Å². The van der Waals surface area contributed by atoms with E-state index in [1.165, 1.54) is 12.3 Å². The summed E-state index contributed by atoms with van der Waals surface area (Å²) in [5.41, 5.74) is 1.68. The number of hydrogen-bond donors (Lipinski definition) is 0. The molecule has 0 fully saturated rings. The summed E-state index contributed by atoms with van der Waals surface area (Å²) in [5.74, 6) is -0.877. The highest BCUT2D eigenvalue weighted by Gasteiger charge is 2.19. The summed E-state index contributed by atoms with van der Waals surface area (Å²) in [4.78, 5) is 26.6. The minimum atomic E-state index is -0.873. The predicted molar refractivity (Wildman–Crippen MR) is 110 cm³/mol. The number of nitrogens with zero attached hydrogens (tertiary/aromatic N) is 2. The Labute approximate surface area is 174 Å². The van der Waals surface area contributed by atoms with Crippen LogP contribution in [0.4, 0.5) is 0 Å². The lowest BCUT2D eigenvalue weighted by molar-refractivity contribution is -0.149. The first-order valence-electron chi connectivity index (χ1n) is 9.34. The van der Waals surface area contributed by atoms with E-state index in [0.29, 0.717) is 18.8 Å². The summed E-state index contributed by atoms with van der Waals surface area (Å²) in [7, 11) is 0. The zero-order chi connectivity index (χ0) is 21.2. The fourth-order valence-corrected chi connectivity index (χ4v) is 2.79. The molecule has 0 bridgehead atoms. The van der Waals surface area contributed by atoms with E-state index in [0.717, 1.165) is 11.1 Å². The van der Waals surface area contributed by atoms with Gasteiger partial charge in [-0.15, -0.1) is 0 Å². The minimum absolute atomic E-state index is 0.240. The van der Waals surface area contributed by atoms with Crippen LogP contribution in [0.1, 0.15) is 16.9 Å². The third-order valence-corrected chi connectivity index (χ3v) is 4.28. The van der Waals surface area contributed by atoms with Crippen LogP contribution in [-0.2, 0) is 27.4 Å². The Kier molecular flexibility index (Phi) is 7.17. The van der Waals surface area contributed by atoms with E-state index in [9.17, 15) is 14.9 Å². The van der Waals surface area contributed by atoms with Crippen LogP contribution >= 0.6 is 0 Å². The van der Waals surface area contributed by atoms with E-state index in [1.54, 1.807) is 23.1 Å². The van der Waals surface area contributed by atoms with Crippen molar-refractivity contribution in [3.05, 3.63) is 102 Å². The third-order valence-electron chi connectivity index (χ3n) is 4.28. The number of benzene rings is 2. The lowest BCUT2D eigenvalue weighted by atomic mass is 10.1. The average molecular weight is 400 g/mol. The van der Waals surface area contributed by atoms with Crippen molar-refractivity contribution in [1.82, 2.24) is 4.90 Å². The van der Waals surface area contributed by atoms with E-state index < -0.39 is 12.6 Å². The van der Waals surface area contributed by atoms with E-state index >= 15 is 0 Å². The summed E-state index contributed by atoms with van der Waals surface area (Å²) in [5, 5.41) is 9.20. The second kappa shape index (κ2) is 10.4. The molecule has 30 heavy (non-hydrogen) atoms. The van der Waals surface area contributed by atoms with Crippen molar-refractivity contribution in [3.8, 4) is 6.07 Å². The summed E-state index contributed by atoms with van der Waals surface area (Å²) in [6, 6.07) is 24.2. The molecule has 150 valence electrons. The summed E-state index contributed by atoms with van der Waals surface area (Å²) < 4.78 is 10.2. The van der Waals surface area contributed by atoms with Crippen LogP contribution < -0.4 is 0 Å². The molecule has 1 heterocycles. The van der Waals surface area contributed by atoms with Gasteiger partial charge in [-0.1, -0.05) is 60.7 Å². The Morgan fingerprint density at radius 2 is 1.53 bits per heavy atom. The Hall–Kier alpha value is -4.11. The van der Waals surface area contributed by atoms with Crippen LogP contribution in [0.15, 0.2) is 89.0 Å². The highest BCUT2D eigenvalue weighted by molar-refractivity contribution is 5.98. The van der Waals surface area contributed by atoms with Crippen molar-refractivity contribution >= 4 is 18.0 Å². The molecule has 0 spiro atoms. The third kappa shape index (κ3) is 5.94. The summed E-state index contributed by atoms with van der Waals surface area (Å²) in [6.45, 7) is 0.286. The molecule has 6 heteroatoms. The summed E-state index contributed by atoms with van der Waals surface area (Å²) >= 11 is 0. The first kappa shape index (κ1) is 20.6. The number of carbonyl (C=O) groups is 2. The fourth-order valence-electron chi connectivity index (χ4n) is 2.79. The molecular formula is C24H20N2O4. The smallest absolute Gasteiger partial charge is 0.349 e. The molecule has 2 aromatic carbocycles. The second-order valence-electron chi connectivity index (χ2n) is 6.48. The molecule has 3 aromatic rings. The zero-order valence-corrected chi connectivity index (χ0v) is 16.2. The largest absolute Gasteiger partial charge is 0.465 e. The standard InChI is InChI=1S/C24H20N2O4/c25-15-21(14-22-12-7-13-29-22)24(28)30-18-23(27)26(16-19-8-3-1-4-9-19)17-20-10-5-2-6-11-20/h1-14H,16-18H2/b21-14+. The maximum Gasteiger partial charge on any atom is 0.349 e. The molecule has 0 aliphatic carbocycles. The highest BCUT2D eigenvalue weighted by atomic mass is 16.5. The molecule has 0 aliphatic rings. The number of esters is 1. The monoisotopic (exact) mass is 400 g/mol. The van der Waals surface area contributed by atoms with Crippen molar-refractivity contribution < 1.29 is 18.7 Å². The van der Waals surface area contributed by atoms with Gasteiger partial charge < -0.3 is 14.1 Å². The molecule has 0 radical (unpaired) electrons.